The summed E-state index contributed by atoms with van der Waals surface area (Å²) in [6, 6.07) is 3.12. The molecule has 122 valence electrons. The molecule has 1 aromatic carbocycles. The third-order valence-corrected chi connectivity index (χ3v) is 3.48. The summed E-state index contributed by atoms with van der Waals surface area (Å²) in [5.74, 6) is -1.15. The molecule has 0 radical (unpaired) electrons. The number of benzene rings is 1. The van der Waals surface area contributed by atoms with E-state index in [2.05, 4.69) is 5.32 Å². The molecule has 1 heterocycles. The van der Waals surface area contributed by atoms with Gasteiger partial charge in [0.2, 0.25) is 0 Å². The number of rotatable bonds is 2. The van der Waals surface area contributed by atoms with Crippen molar-refractivity contribution in [3.63, 3.8) is 0 Å². The first kappa shape index (κ1) is 20.4. The summed E-state index contributed by atoms with van der Waals surface area (Å²) in [6.07, 6.45) is -4.65. The molecule has 21 heavy (non-hydrogen) atoms. The summed E-state index contributed by atoms with van der Waals surface area (Å²) >= 11 is 0. The number of halogens is 6. The van der Waals surface area contributed by atoms with Gasteiger partial charge in [0.15, 0.2) is 0 Å². The van der Waals surface area contributed by atoms with Crippen LogP contribution in [0.4, 0.5) is 17.6 Å². The van der Waals surface area contributed by atoms with Crippen LogP contribution in [0.2, 0.25) is 0 Å². The van der Waals surface area contributed by atoms with Gasteiger partial charge in [-0.3, -0.25) is 4.90 Å². The fourth-order valence-corrected chi connectivity index (χ4v) is 2.36. The normalized spacial score (nSPS) is 17.6. The Kier molecular flexibility index (Phi) is 7.95. The number of nitrogens with zero attached hydrogens (tertiary/aromatic N) is 1. The van der Waals surface area contributed by atoms with Crippen LogP contribution in [0.1, 0.15) is 24.1 Å². The Hall–Kier alpha value is -0.560. The summed E-state index contributed by atoms with van der Waals surface area (Å²) in [4.78, 5) is 1.98. The smallest absolute Gasteiger partial charge is 0.314 e. The van der Waals surface area contributed by atoms with E-state index in [9.17, 15) is 17.6 Å². The second-order valence-corrected chi connectivity index (χ2v) is 4.67. The molecule has 1 N–H and O–H groups in total. The molecule has 0 aromatic heterocycles. The fourth-order valence-electron chi connectivity index (χ4n) is 2.36. The molecule has 0 saturated carbocycles. The summed E-state index contributed by atoms with van der Waals surface area (Å²) in [5.41, 5.74) is -1.08. The molecule has 0 amide bonds. The molecule has 0 spiro atoms. The van der Waals surface area contributed by atoms with E-state index in [1.807, 2.05) is 4.90 Å². The van der Waals surface area contributed by atoms with E-state index >= 15 is 0 Å². The van der Waals surface area contributed by atoms with Crippen molar-refractivity contribution < 1.29 is 17.6 Å². The van der Waals surface area contributed by atoms with Crippen LogP contribution in [0.5, 0.6) is 0 Å². The Balaban J connectivity index is 0.00000200. The number of hydrogen-bond acceptors (Lipinski definition) is 2. The molecule has 8 heteroatoms. The highest BCUT2D eigenvalue weighted by Gasteiger charge is 2.35. The minimum atomic E-state index is -4.65. The molecule has 2 rings (SSSR count). The third kappa shape index (κ3) is 4.71. The molecule has 0 unspecified atom stereocenters. The highest BCUT2D eigenvalue weighted by Crippen LogP contribution is 2.34. The first-order chi connectivity index (χ1) is 8.91. The predicted octanol–water partition coefficient (Wildman–Crippen LogP) is 3.65. The zero-order valence-corrected chi connectivity index (χ0v) is 13.0. The first-order valence-electron chi connectivity index (χ1n) is 6.21. The second kappa shape index (κ2) is 8.17. The molecule has 1 fully saturated rings. The van der Waals surface area contributed by atoms with Gasteiger partial charge in [-0.2, -0.15) is 13.2 Å². The highest BCUT2D eigenvalue weighted by molar-refractivity contribution is 5.85. The molecule has 0 aliphatic carbocycles. The van der Waals surface area contributed by atoms with Crippen molar-refractivity contribution in [2.45, 2.75) is 19.1 Å². The van der Waals surface area contributed by atoms with E-state index in [1.165, 1.54) is 12.1 Å². The monoisotopic (exact) mass is 348 g/mol. The molecule has 0 bridgehead atoms. The average molecular weight is 349 g/mol. The minimum absolute atomic E-state index is 0. The summed E-state index contributed by atoms with van der Waals surface area (Å²) < 4.78 is 52.0. The maximum absolute atomic E-state index is 14.0. The Morgan fingerprint density at radius 1 is 1.14 bits per heavy atom. The minimum Gasteiger partial charge on any atom is -0.314 e. The van der Waals surface area contributed by atoms with Crippen LogP contribution < -0.4 is 5.32 Å². The Bertz CT molecular complexity index is 448. The Morgan fingerprint density at radius 2 is 1.71 bits per heavy atom. The van der Waals surface area contributed by atoms with Gasteiger partial charge < -0.3 is 5.32 Å². The van der Waals surface area contributed by atoms with Crippen molar-refractivity contribution in [3.05, 3.63) is 35.1 Å². The van der Waals surface area contributed by atoms with Crippen LogP contribution in [0.25, 0.3) is 0 Å². The predicted molar refractivity (Wildman–Crippen MR) is 78.8 cm³/mol. The van der Waals surface area contributed by atoms with E-state index < -0.39 is 17.6 Å². The molecule has 2 nitrogen and oxygen atoms in total. The molecular weight excluding hydrogens is 331 g/mol. The highest BCUT2D eigenvalue weighted by atomic mass is 35.5. The van der Waals surface area contributed by atoms with Crippen molar-refractivity contribution in [2.75, 3.05) is 26.2 Å². The van der Waals surface area contributed by atoms with Crippen LogP contribution in [0, 0.1) is 5.82 Å². The van der Waals surface area contributed by atoms with Gasteiger partial charge in [-0.25, -0.2) is 4.39 Å². The lowest BCUT2D eigenvalue weighted by molar-refractivity contribution is -0.140. The fraction of sp³-hybridized carbons (Fsp3) is 0.538. The standard InChI is InChI=1S/C13H16F4N2.2ClH/c1-9(19-7-5-18-6-8-19)10-3-2-4-11(12(10)14)13(15,16)17;;/h2-4,9,18H,5-8H2,1H3;2*1H/t9-;;/m0../s1. The van der Waals surface area contributed by atoms with Crippen molar-refractivity contribution >= 4 is 24.8 Å². The van der Waals surface area contributed by atoms with Crippen molar-refractivity contribution in [3.8, 4) is 0 Å². The van der Waals surface area contributed by atoms with Crippen molar-refractivity contribution in [1.29, 1.82) is 0 Å². The SMILES string of the molecule is C[C@@H](c1cccc(C(F)(F)F)c1F)N1CCNCC1.Cl.Cl. The summed E-state index contributed by atoms with van der Waals surface area (Å²) in [6.45, 7) is 4.69. The van der Waals surface area contributed by atoms with Crippen LogP contribution in [-0.4, -0.2) is 31.1 Å². The first-order valence-corrected chi connectivity index (χ1v) is 6.21. The van der Waals surface area contributed by atoms with Gasteiger partial charge in [0.05, 0.1) is 5.56 Å². The van der Waals surface area contributed by atoms with E-state index in [1.54, 1.807) is 6.92 Å². The Morgan fingerprint density at radius 3 is 2.24 bits per heavy atom. The number of hydrogen-bond donors (Lipinski definition) is 1. The lowest BCUT2D eigenvalue weighted by Crippen LogP contribution is -2.44. The summed E-state index contributed by atoms with van der Waals surface area (Å²) in [5, 5.41) is 3.16. The zero-order valence-electron chi connectivity index (χ0n) is 11.4. The van der Waals surface area contributed by atoms with Gasteiger partial charge in [0.1, 0.15) is 5.82 Å². The van der Waals surface area contributed by atoms with Gasteiger partial charge in [-0.05, 0) is 13.0 Å². The molecule has 1 atom stereocenters. The maximum atomic E-state index is 14.0. The zero-order chi connectivity index (χ0) is 14.0. The number of nitrogens with one attached hydrogen (secondary N) is 1. The molecule has 1 saturated heterocycles. The summed E-state index contributed by atoms with van der Waals surface area (Å²) in [7, 11) is 0. The number of alkyl halides is 3. The van der Waals surface area contributed by atoms with E-state index in [0.29, 0.717) is 13.1 Å². The molecule has 1 aliphatic heterocycles. The van der Waals surface area contributed by atoms with Crippen LogP contribution >= 0.6 is 24.8 Å². The van der Waals surface area contributed by atoms with E-state index in [0.717, 1.165) is 19.2 Å². The van der Waals surface area contributed by atoms with Crippen LogP contribution in [0.3, 0.4) is 0 Å². The van der Waals surface area contributed by atoms with Crippen LogP contribution in [-0.2, 0) is 6.18 Å². The largest absolute Gasteiger partial charge is 0.419 e. The molecule has 1 aromatic rings. The molecular formula is C13H18Cl2F4N2. The van der Waals surface area contributed by atoms with Gasteiger partial charge in [-0.1, -0.05) is 12.1 Å². The lowest BCUT2D eigenvalue weighted by atomic mass is 10.0. The number of piperazine rings is 1. The topological polar surface area (TPSA) is 15.3 Å². The van der Waals surface area contributed by atoms with Gasteiger partial charge in [0, 0.05) is 37.8 Å². The van der Waals surface area contributed by atoms with Crippen molar-refractivity contribution in [2.24, 2.45) is 0 Å². The van der Waals surface area contributed by atoms with E-state index in [-0.39, 0.29) is 36.4 Å². The Labute approximate surface area is 133 Å². The quantitative estimate of drug-likeness (QED) is 0.820. The second-order valence-electron chi connectivity index (χ2n) is 4.67. The van der Waals surface area contributed by atoms with Gasteiger partial charge in [0.25, 0.3) is 0 Å². The molecule has 1 aliphatic rings. The lowest BCUT2D eigenvalue weighted by Gasteiger charge is -2.33. The van der Waals surface area contributed by atoms with Gasteiger partial charge in [-0.15, -0.1) is 24.8 Å². The average Bonchev–Trinajstić information content (AvgIpc) is 2.38. The third-order valence-electron chi connectivity index (χ3n) is 3.48. The van der Waals surface area contributed by atoms with Crippen LogP contribution in [0.15, 0.2) is 18.2 Å². The maximum Gasteiger partial charge on any atom is 0.419 e. The van der Waals surface area contributed by atoms with E-state index in [4.69, 9.17) is 0 Å². The van der Waals surface area contributed by atoms with Crippen molar-refractivity contribution in [1.82, 2.24) is 10.2 Å². The van der Waals surface area contributed by atoms with Gasteiger partial charge >= 0.3 is 6.18 Å².